The highest BCUT2D eigenvalue weighted by Gasteiger charge is 2.52. The molecule has 1 unspecified atom stereocenters. The van der Waals surface area contributed by atoms with E-state index in [-0.39, 0.29) is 11.6 Å². The highest BCUT2D eigenvalue weighted by molar-refractivity contribution is 5.10. The molecule has 0 saturated heterocycles. The van der Waals surface area contributed by atoms with Crippen molar-refractivity contribution in [1.29, 1.82) is 5.26 Å². The summed E-state index contributed by atoms with van der Waals surface area (Å²) in [5.41, 5.74) is -0.372. The molecule has 1 heterocycles. The number of nitriles is 1. The minimum absolute atomic E-state index is 0.0579. The Morgan fingerprint density at radius 1 is 1.17 bits per heavy atom. The Morgan fingerprint density at radius 2 is 1.67 bits per heavy atom. The number of rotatable bonds is 3. The summed E-state index contributed by atoms with van der Waals surface area (Å²) in [4.78, 5) is 0. The first-order valence-electron chi connectivity index (χ1n) is 4.38. The molecule has 0 fully saturated rings. The second kappa shape index (κ2) is 2.85. The summed E-state index contributed by atoms with van der Waals surface area (Å²) in [5, 5.41) is 17.0. The summed E-state index contributed by atoms with van der Waals surface area (Å²) >= 11 is 0. The number of hydrogen-bond acceptors (Lipinski definition) is 3. The Balaban J connectivity index is 2.74. The normalized spacial score (nSPS) is 21.1. The fourth-order valence-electron chi connectivity index (χ4n) is 1.51. The van der Waals surface area contributed by atoms with Crippen LogP contribution in [0.1, 0.15) is 27.7 Å². The molecule has 1 rings (SSSR count). The topological polar surface area (TPSA) is 48.5 Å². The van der Waals surface area contributed by atoms with Gasteiger partial charge in [0.25, 0.3) is 0 Å². The van der Waals surface area contributed by atoms with E-state index in [4.69, 9.17) is 5.26 Å². The lowest BCUT2D eigenvalue weighted by atomic mass is 9.80. The van der Waals surface area contributed by atoms with Crippen molar-refractivity contribution < 1.29 is 0 Å². The molecule has 0 spiro atoms. The molecule has 3 nitrogen and oxygen atoms in total. The van der Waals surface area contributed by atoms with E-state index < -0.39 is 0 Å². The molecule has 0 aromatic rings. The third-order valence-corrected chi connectivity index (χ3v) is 2.44. The van der Waals surface area contributed by atoms with Crippen LogP contribution in [0.4, 0.5) is 0 Å². The van der Waals surface area contributed by atoms with Crippen LogP contribution in [0.25, 0.3) is 0 Å². The number of hydrogen-bond donors (Lipinski definition) is 0. The molecule has 0 bridgehead atoms. The zero-order valence-electron chi connectivity index (χ0n) is 8.07. The fourth-order valence-corrected chi connectivity index (χ4v) is 1.51. The van der Waals surface area contributed by atoms with Crippen molar-refractivity contribution in [3.05, 3.63) is 0 Å². The third kappa shape index (κ3) is 1.22. The zero-order valence-corrected chi connectivity index (χ0v) is 8.07. The largest absolute Gasteiger partial charge is 0.209 e. The van der Waals surface area contributed by atoms with E-state index in [0.29, 0.717) is 11.8 Å². The summed E-state index contributed by atoms with van der Waals surface area (Å²) in [6.45, 7) is 8.21. The second-order valence-electron chi connectivity index (χ2n) is 3.99. The SMILES string of the molecule is CC(C)C(C#N)C1(C(C)C)N=N1. The molecule has 0 aromatic heterocycles. The van der Waals surface area contributed by atoms with Crippen LogP contribution in [0.15, 0.2) is 10.2 Å². The van der Waals surface area contributed by atoms with Crippen molar-refractivity contribution in [2.45, 2.75) is 33.4 Å². The van der Waals surface area contributed by atoms with Gasteiger partial charge in [0.1, 0.15) is 0 Å². The van der Waals surface area contributed by atoms with Gasteiger partial charge in [-0.25, -0.2) is 0 Å². The van der Waals surface area contributed by atoms with E-state index in [2.05, 4.69) is 30.1 Å². The molecule has 0 radical (unpaired) electrons. The molecule has 0 amide bonds. The highest BCUT2D eigenvalue weighted by atomic mass is 15.4. The van der Waals surface area contributed by atoms with Gasteiger partial charge in [-0.2, -0.15) is 15.5 Å². The van der Waals surface area contributed by atoms with Gasteiger partial charge in [0.05, 0.1) is 12.0 Å². The molecule has 1 aliphatic rings. The standard InChI is InChI=1S/C9H15N3/c1-6(2)8(5-10)9(7(3)4)11-12-9/h6-8H,1-4H3. The molecular formula is C9H15N3. The van der Waals surface area contributed by atoms with Crippen LogP contribution in [0, 0.1) is 29.1 Å². The molecule has 3 heteroatoms. The molecule has 1 aliphatic heterocycles. The lowest BCUT2D eigenvalue weighted by molar-refractivity contribution is 0.283. The van der Waals surface area contributed by atoms with E-state index in [0.717, 1.165) is 0 Å². The van der Waals surface area contributed by atoms with Gasteiger partial charge in [0.2, 0.25) is 5.66 Å². The average molecular weight is 165 g/mol. The molecule has 0 saturated carbocycles. The maximum atomic E-state index is 8.95. The van der Waals surface area contributed by atoms with Crippen LogP contribution in [0.2, 0.25) is 0 Å². The van der Waals surface area contributed by atoms with Gasteiger partial charge in [0, 0.05) is 5.92 Å². The molecule has 1 atom stereocenters. The van der Waals surface area contributed by atoms with Crippen LogP contribution >= 0.6 is 0 Å². The Labute approximate surface area is 73.5 Å². The minimum atomic E-state index is -0.372. The summed E-state index contributed by atoms with van der Waals surface area (Å²) in [6.07, 6.45) is 0. The van der Waals surface area contributed by atoms with Crippen molar-refractivity contribution in [2.75, 3.05) is 0 Å². The summed E-state index contributed by atoms with van der Waals surface area (Å²) in [5.74, 6) is 0.606. The van der Waals surface area contributed by atoms with Crippen molar-refractivity contribution in [1.82, 2.24) is 0 Å². The Hall–Kier alpha value is -0.910. The van der Waals surface area contributed by atoms with Crippen LogP contribution in [0.3, 0.4) is 0 Å². The first-order chi connectivity index (χ1) is 5.54. The molecule has 66 valence electrons. The van der Waals surface area contributed by atoms with Crippen LogP contribution < -0.4 is 0 Å². The van der Waals surface area contributed by atoms with Gasteiger partial charge >= 0.3 is 0 Å². The molecule has 0 N–H and O–H groups in total. The predicted octanol–water partition coefficient (Wildman–Crippen LogP) is 2.60. The fraction of sp³-hybridized carbons (Fsp3) is 0.889. The van der Waals surface area contributed by atoms with E-state index in [1.54, 1.807) is 0 Å². The van der Waals surface area contributed by atoms with Crippen molar-refractivity contribution in [2.24, 2.45) is 28.0 Å². The maximum absolute atomic E-state index is 8.95. The third-order valence-electron chi connectivity index (χ3n) is 2.44. The lowest BCUT2D eigenvalue weighted by Crippen LogP contribution is -2.32. The van der Waals surface area contributed by atoms with Gasteiger partial charge < -0.3 is 0 Å². The summed E-state index contributed by atoms with van der Waals surface area (Å²) < 4.78 is 0. The van der Waals surface area contributed by atoms with Crippen LogP contribution in [-0.2, 0) is 0 Å². The van der Waals surface area contributed by atoms with Gasteiger partial charge in [-0.1, -0.05) is 27.7 Å². The smallest absolute Gasteiger partial charge is 0.198 e. The molecule has 0 aliphatic carbocycles. The second-order valence-corrected chi connectivity index (χ2v) is 3.99. The summed E-state index contributed by atoms with van der Waals surface area (Å²) in [6, 6.07) is 2.30. The number of nitrogens with zero attached hydrogens (tertiary/aromatic N) is 3. The van der Waals surface area contributed by atoms with Gasteiger partial charge in [-0.3, -0.25) is 0 Å². The Kier molecular flexibility index (Phi) is 2.18. The quantitative estimate of drug-likeness (QED) is 0.634. The first kappa shape index (κ1) is 9.18. The van der Waals surface area contributed by atoms with Gasteiger partial charge in [-0.15, -0.1) is 0 Å². The van der Waals surface area contributed by atoms with Crippen molar-refractivity contribution in [3.63, 3.8) is 0 Å². The van der Waals surface area contributed by atoms with E-state index in [1.807, 2.05) is 13.8 Å². The van der Waals surface area contributed by atoms with E-state index in [9.17, 15) is 0 Å². The monoisotopic (exact) mass is 165 g/mol. The van der Waals surface area contributed by atoms with Gasteiger partial charge in [-0.05, 0) is 5.92 Å². The van der Waals surface area contributed by atoms with Crippen molar-refractivity contribution >= 4 is 0 Å². The lowest BCUT2D eigenvalue weighted by Gasteiger charge is -2.22. The van der Waals surface area contributed by atoms with Crippen LogP contribution in [-0.4, -0.2) is 5.66 Å². The first-order valence-corrected chi connectivity index (χ1v) is 4.38. The van der Waals surface area contributed by atoms with E-state index in [1.165, 1.54) is 0 Å². The summed E-state index contributed by atoms with van der Waals surface area (Å²) in [7, 11) is 0. The van der Waals surface area contributed by atoms with Gasteiger partial charge in [0.15, 0.2) is 0 Å². The molecule has 0 aromatic carbocycles. The zero-order chi connectivity index (χ0) is 9.35. The molecular weight excluding hydrogens is 150 g/mol. The predicted molar refractivity (Wildman–Crippen MR) is 46.4 cm³/mol. The highest BCUT2D eigenvalue weighted by Crippen LogP contribution is 2.45. The maximum Gasteiger partial charge on any atom is 0.209 e. The van der Waals surface area contributed by atoms with Crippen LogP contribution in [0.5, 0.6) is 0 Å². The van der Waals surface area contributed by atoms with Crippen molar-refractivity contribution in [3.8, 4) is 6.07 Å². The Morgan fingerprint density at radius 3 is 1.75 bits per heavy atom. The average Bonchev–Trinajstić information content (AvgIpc) is 2.69. The Bertz CT molecular complexity index is 229. The van der Waals surface area contributed by atoms with E-state index >= 15 is 0 Å². The molecule has 12 heavy (non-hydrogen) atoms. The minimum Gasteiger partial charge on any atom is -0.198 e.